The molecule has 0 amide bonds. The monoisotopic (exact) mass is 677 g/mol. The lowest BCUT2D eigenvalue weighted by molar-refractivity contribution is 0.660. The highest BCUT2D eigenvalue weighted by Gasteiger charge is 2.35. The van der Waals surface area contributed by atoms with Crippen LogP contribution in [0.1, 0.15) is 25.0 Å². The van der Waals surface area contributed by atoms with E-state index in [1.807, 2.05) is 12.1 Å². The quantitative estimate of drug-likeness (QED) is 0.172. The van der Waals surface area contributed by atoms with Crippen molar-refractivity contribution in [3.63, 3.8) is 0 Å². The molecule has 1 aromatic heterocycles. The van der Waals surface area contributed by atoms with Crippen molar-refractivity contribution in [2.45, 2.75) is 19.3 Å². The topological polar surface area (TPSA) is 16.4 Å². The Morgan fingerprint density at radius 1 is 0.377 bits per heavy atom. The van der Waals surface area contributed by atoms with Crippen molar-refractivity contribution < 1.29 is 4.42 Å². The number of nitrogens with zero attached hydrogens (tertiary/aromatic N) is 1. The summed E-state index contributed by atoms with van der Waals surface area (Å²) in [4.78, 5) is 2.42. The van der Waals surface area contributed by atoms with Gasteiger partial charge in [0.1, 0.15) is 11.2 Å². The summed E-state index contributed by atoms with van der Waals surface area (Å²) in [5.74, 6) is 0. The molecule has 10 aromatic rings. The Labute approximate surface area is 308 Å². The van der Waals surface area contributed by atoms with Crippen LogP contribution < -0.4 is 4.90 Å². The minimum atomic E-state index is -0.110. The van der Waals surface area contributed by atoms with E-state index >= 15 is 0 Å². The van der Waals surface area contributed by atoms with Gasteiger partial charge in [0.25, 0.3) is 0 Å². The smallest absolute Gasteiger partial charge is 0.143 e. The first-order valence-electron chi connectivity index (χ1n) is 18.4. The van der Waals surface area contributed by atoms with Gasteiger partial charge in [-0.25, -0.2) is 0 Å². The molecule has 0 spiro atoms. The molecule has 11 rings (SSSR count). The summed E-state index contributed by atoms with van der Waals surface area (Å²) in [6.07, 6.45) is 0. The SMILES string of the molecule is CC1(C)c2ccccc2-c2ccc(N(c3ccc(-c4cccc5c4oc4ccccc45)cc3)c3ccc4c5ccccc5c5ccccc5c4c3)cc21. The molecule has 0 aliphatic heterocycles. The lowest BCUT2D eigenvalue weighted by atomic mass is 9.82. The van der Waals surface area contributed by atoms with Gasteiger partial charge in [0.15, 0.2) is 0 Å². The van der Waals surface area contributed by atoms with Crippen molar-refractivity contribution in [2.24, 2.45) is 0 Å². The Morgan fingerprint density at radius 2 is 0.906 bits per heavy atom. The average Bonchev–Trinajstić information content (AvgIpc) is 3.70. The van der Waals surface area contributed by atoms with Crippen molar-refractivity contribution in [1.29, 1.82) is 0 Å². The molecular formula is C51H35NO. The number of anilines is 3. The number of fused-ring (bicyclic) bond motifs is 12. The van der Waals surface area contributed by atoms with Gasteiger partial charge in [0, 0.05) is 38.8 Å². The van der Waals surface area contributed by atoms with Gasteiger partial charge < -0.3 is 9.32 Å². The molecular weight excluding hydrogens is 643 g/mol. The Hall–Kier alpha value is -6.64. The molecule has 0 fully saturated rings. The van der Waals surface area contributed by atoms with Gasteiger partial charge in [-0.2, -0.15) is 0 Å². The van der Waals surface area contributed by atoms with E-state index in [9.17, 15) is 0 Å². The fourth-order valence-electron chi connectivity index (χ4n) is 9.08. The Balaban J connectivity index is 1.11. The predicted molar refractivity (Wildman–Crippen MR) is 224 cm³/mol. The van der Waals surface area contributed by atoms with Gasteiger partial charge in [0.05, 0.1) is 0 Å². The second kappa shape index (κ2) is 11.2. The highest BCUT2D eigenvalue weighted by atomic mass is 16.3. The third-order valence-electron chi connectivity index (χ3n) is 11.7. The van der Waals surface area contributed by atoms with Crippen LogP contribution in [0.5, 0.6) is 0 Å². The molecule has 1 aliphatic rings. The van der Waals surface area contributed by atoms with Crippen LogP contribution in [0.25, 0.3) is 76.5 Å². The third-order valence-corrected chi connectivity index (χ3v) is 11.7. The van der Waals surface area contributed by atoms with E-state index < -0.39 is 0 Å². The summed E-state index contributed by atoms with van der Waals surface area (Å²) in [7, 11) is 0. The zero-order valence-corrected chi connectivity index (χ0v) is 29.6. The first-order valence-corrected chi connectivity index (χ1v) is 18.4. The molecule has 53 heavy (non-hydrogen) atoms. The average molecular weight is 678 g/mol. The zero-order chi connectivity index (χ0) is 35.3. The molecule has 0 unspecified atom stereocenters. The summed E-state index contributed by atoms with van der Waals surface area (Å²) < 4.78 is 6.44. The minimum Gasteiger partial charge on any atom is -0.455 e. The van der Waals surface area contributed by atoms with Crippen molar-refractivity contribution >= 4 is 71.3 Å². The number of hydrogen-bond donors (Lipinski definition) is 0. The fourth-order valence-corrected chi connectivity index (χ4v) is 9.08. The first kappa shape index (κ1) is 30.0. The Morgan fingerprint density at radius 3 is 1.66 bits per heavy atom. The van der Waals surface area contributed by atoms with Gasteiger partial charge in [-0.15, -0.1) is 0 Å². The maximum atomic E-state index is 6.44. The zero-order valence-electron chi connectivity index (χ0n) is 29.6. The van der Waals surface area contributed by atoms with E-state index in [1.54, 1.807) is 0 Å². The van der Waals surface area contributed by atoms with E-state index in [0.29, 0.717) is 0 Å². The molecule has 1 aliphatic carbocycles. The molecule has 9 aromatic carbocycles. The number of rotatable bonds is 4. The molecule has 0 saturated heterocycles. The van der Waals surface area contributed by atoms with Crippen LogP contribution >= 0.6 is 0 Å². The molecule has 2 heteroatoms. The van der Waals surface area contributed by atoms with Crippen molar-refractivity contribution in [3.05, 3.63) is 187 Å². The van der Waals surface area contributed by atoms with Crippen LogP contribution in [0.2, 0.25) is 0 Å². The van der Waals surface area contributed by atoms with Gasteiger partial charge >= 0.3 is 0 Å². The van der Waals surface area contributed by atoms with Crippen LogP contribution in [0.15, 0.2) is 180 Å². The summed E-state index contributed by atoms with van der Waals surface area (Å²) in [6, 6.07) is 64.2. The standard InChI is InChI=1S/C51H35NO/c1-51(2)47-20-9-7-16-42(47)43-29-27-35(31-48(43)51)52(34-26-28-41-39-14-4-3-12-37(39)38-13-5-6-15-40(38)46(41)30-34)33-24-22-32(23-25-33)36-18-11-19-45-44-17-8-10-21-49(44)53-50(36)45/h3-31H,1-2H3. The predicted octanol–water partition coefficient (Wildman–Crippen LogP) is 14.5. The Kier molecular flexibility index (Phi) is 6.33. The second-order valence-electron chi connectivity index (χ2n) is 14.9. The van der Waals surface area contributed by atoms with E-state index in [0.717, 1.165) is 50.1 Å². The highest BCUT2D eigenvalue weighted by Crippen LogP contribution is 2.51. The molecule has 0 saturated carbocycles. The molecule has 0 radical (unpaired) electrons. The van der Waals surface area contributed by atoms with Gasteiger partial charge in [-0.3, -0.25) is 0 Å². The van der Waals surface area contributed by atoms with Crippen LogP contribution in [-0.4, -0.2) is 0 Å². The largest absolute Gasteiger partial charge is 0.455 e. The first-order chi connectivity index (χ1) is 26.0. The van der Waals surface area contributed by atoms with Crippen LogP contribution in [0.3, 0.4) is 0 Å². The Bertz CT molecular complexity index is 3060. The number of para-hydroxylation sites is 2. The van der Waals surface area contributed by atoms with E-state index in [2.05, 4.69) is 183 Å². The molecule has 1 heterocycles. The van der Waals surface area contributed by atoms with Crippen molar-refractivity contribution in [3.8, 4) is 22.3 Å². The number of furan rings is 1. The van der Waals surface area contributed by atoms with Gasteiger partial charge in [-0.05, 0) is 103 Å². The van der Waals surface area contributed by atoms with Crippen molar-refractivity contribution in [2.75, 3.05) is 4.90 Å². The molecule has 250 valence electrons. The third kappa shape index (κ3) is 4.39. The van der Waals surface area contributed by atoms with Gasteiger partial charge in [0.2, 0.25) is 0 Å². The number of hydrogen-bond acceptors (Lipinski definition) is 2. The number of benzene rings is 9. The summed E-state index contributed by atoms with van der Waals surface area (Å²) >= 11 is 0. The van der Waals surface area contributed by atoms with Crippen molar-refractivity contribution in [1.82, 2.24) is 0 Å². The molecule has 2 nitrogen and oxygen atoms in total. The van der Waals surface area contributed by atoms with Crippen LogP contribution in [0.4, 0.5) is 17.1 Å². The molecule has 0 N–H and O–H groups in total. The van der Waals surface area contributed by atoms with Crippen LogP contribution in [0, 0.1) is 0 Å². The molecule has 0 atom stereocenters. The summed E-state index contributed by atoms with van der Waals surface area (Å²) in [6.45, 7) is 4.71. The van der Waals surface area contributed by atoms with E-state index in [1.165, 1.54) is 54.6 Å². The summed E-state index contributed by atoms with van der Waals surface area (Å²) in [5.41, 5.74) is 12.7. The van der Waals surface area contributed by atoms with E-state index in [-0.39, 0.29) is 5.41 Å². The maximum absolute atomic E-state index is 6.44. The van der Waals surface area contributed by atoms with Gasteiger partial charge in [-0.1, -0.05) is 147 Å². The second-order valence-corrected chi connectivity index (χ2v) is 14.9. The summed E-state index contributed by atoms with van der Waals surface area (Å²) in [5, 5.41) is 9.91. The lowest BCUT2D eigenvalue weighted by Crippen LogP contribution is -2.16. The van der Waals surface area contributed by atoms with E-state index in [4.69, 9.17) is 4.42 Å². The minimum absolute atomic E-state index is 0.110. The van der Waals surface area contributed by atoms with Crippen LogP contribution in [-0.2, 0) is 5.41 Å². The highest BCUT2D eigenvalue weighted by molar-refractivity contribution is 6.25. The molecule has 0 bridgehead atoms. The maximum Gasteiger partial charge on any atom is 0.143 e. The lowest BCUT2D eigenvalue weighted by Gasteiger charge is -2.28. The fraction of sp³-hybridized carbons (Fsp3) is 0.0588. The normalized spacial score (nSPS) is 13.2.